The summed E-state index contributed by atoms with van der Waals surface area (Å²) in [7, 11) is 0. The van der Waals surface area contributed by atoms with E-state index in [1.54, 1.807) is 0 Å². The number of hydrogen-bond donors (Lipinski definition) is 12. The molecule has 3 rings (SSSR count). The van der Waals surface area contributed by atoms with Gasteiger partial charge in [-0.1, -0.05) is 334 Å². The fourth-order valence-electron chi connectivity index (χ4n) is 13.9. The van der Waals surface area contributed by atoms with E-state index in [9.17, 15) is 61.0 Å². The Bertz CT molecular complexity index is 2440. The van der Waals surface area contributed by atoms with Crippen molar-refractivity contribution in [2.24, 2.45) is 0 Å². The summed E-state index contributed by atoms with van der Waals surface area (Å²) in [6.07, 6.45) is 70.0. The van der Waals surface area contributed by atoms with Crippen molar-refractivity contribution in [3.63, 3.8) is 0 Å². The van der Waals surface area contributed by atoms with E-state index < -0.39 is 124 Å². The minimum atomic E-state index is -1.98. The lowest BCUT2D eigenvalue weighted by Gasteiger charge is -2.48. The molecule has 3 aliphatic rings. The highest BCUT2D eigenvalue weighted by molar-refractivity contribution is 5.76. The molecule has 19 nitrogen and oxygen atoms in total. The maximum atomic E-state index is 13.5. The topological polar surface area (TPSA) is 307 Å². The van der Waals surface area contributed by atoms with Crippen molar-refractivity contribution in [2.75, 3.05) is 26.4 Å². The molecule has 3 aliphatic heterocycles. The molecular weight excluding hydrogens is 1380 g/mol. The maximum absolute atomic E-state index is 13.5. The summed E-state index contributed by atoms with van der Waals surface area (Å²) in [4.78, 5) is 13.5. The lowest BCUT2D eigenvalue weighted by atomic mass is 9.96. The summed E-state index contributed by atoms with van der Waals surface area (Å²) < 4.78 is 34.5. The fraction of sp³-hybridized carbons (Fsp3) is 0.767. The van der Waals surface area contributed by atoms with Crippen LogP contribution in [0.5, 0.6) is 0 Å². The molecule has 0 radical (unpaired) electrons. The van der Waals surface area contributed by atoms with Crippen molar-refractivity contribution in [2.45, 2.75) is 413 Å². The van der Waals surface area contributed by atoms with Gasteiger partial charge in [-0.15, -0.1) is 0 Å². The molecule has 3 fully saturated rings. The van der Waals surface area contributed by atoms with Crippen LogP contribution in [0.1, 0.15) is 309 Å². The van der Waals surface area contributed by atoms with Crippen molar-refractivity contribution in [1.82, 2.24) is 5.32 Å². The first-order chi connectivity index (χ1) is 53.3. The average molecular weight is 1540 g/mol. The first-order valence-corrected chi connectivity index (χ1v) is 43.3. The van der Waals surface area contributed by atoms with Gasteiger partial charge in [0, 0.05) is 6.42 Å². The van der Waals surface area contributed by atoms with Crippen LogP contribution in [0.25, 0.3) is 0 Å². The Morgan fingerprint density at radius 3 is 0.991 bits per heavy atom. The predicted molar refractivity (Wildman–Crippen MR) is 438 cm³/mol. The molecule has 19 heteroatoms. The second kappa shape index (κ2) is 68.6. The highest BCUT2D eigenvalue weighted by atomic mass is 16.8. The van der Waals surface area contributed by atoms with Gasteiger partial charge in [0.15, 0.2) is 18.9 Å². The Balaban J connectivity index is 1.37. The first-order valence-electron chi connectivity index (χ1n) is 43.3. The van der Waals surface area contributed by atoms with Crippen molar-refractivity contribution in [1.29, 1.82) is 0 Å². The number of aliphatic hydroxyl groups is 11. The van der Waals surface area contributed by atoms with Crippen LogP contribution in [0, 0.1) is 0 Å². The van der Waals surface area contributed by atoms with Gasteiger partial charge in [0.25, 0.3) is 0 Å². The van der Waals surface area contributed by atoms with Gasteiger partial charge in [0.2, 0.25) is 5.91 Å². The molecule has 1 amide bonds. The number of allylic oxidation sites excluding steroid dienone is 20. The zero-order valence-electron chi connectivity index (χ0n) is 67.5. The molecular formula is C90H155NO18. The molecule has 0 aromatic heterocycles. The number of nitrogens with one attached hydrogen (secondary N) is 1. The molecule has 0 aromatic rings. The number of amides is 1. The Kier molecular flexibility index (Phi) is 62.5. The molecule has 0 aromatic carbocycles. The minimum Gasteiger partial charge on any atom is -0.394 e. The van der Waals surface area contributed by atoms with Gasteiger partial charge in [-0.05, 0) is 89.9 Å². The molecule has 0 aliphatic carbocycles. The summed E-state index contributed by atoms with van der Waals surface area (Å²) in [5.74, 6) is -0.268. The fourth-order valence-corrected chi connectivity index (χ4v) is 13.9. The van der Waals surface area contributed by atoms with Crippen LogP contribution in [0.4, 0.5) is 0 Å². The lowest BCUT2D eigenvalue weighted by molar-refractivity contribution is -0.379. The van der Waals surface area contributed by atoms with Crippen molar-refractivity contribution < 1.29 is 89.4 Å². The molecule has 0 spiro atoms. The largest absolute Gasteiger partial charge is 0.394 e. The monoisotopic (exact) mass is 1540 g/mol. The number of aliphatic hydroxyl groups excluding tert-OH is 11. The van der Waals surface area contributed by atoms with E-state index in [-0.39, 0.29) is 18.9 Å². The van der Waals surface area contributed by atoms with E-state index in [0.29, 0.717) is 12.8 Å². The van der Waals surface area contributed by atoms with Gasteiger partial charge < -0.3 is 89.9 Å². The number of carbonyl (C=O) groups excluding carboxylic acids is 1. The summed E-state index contributed by atoms with van der Waals surface area (Å²) >= 11 is 0. The summed E-state index contributed by atoms with van der Waals surface area (Å²) in [5.41, 5.74) is 0. The number of carbonyl (C=O) groups is 1. The zero-order valence-corrected chi connectivity index (χ0v) is 67.5. The molecule has 17 atom stereocenters. The van der Waals surface area contributed by atoms with Crippen molar-refractivity contribution in [3.05, 3.63) is 122 Å². The van der Waals surface area contributed by atoms with E-state index >= 15 is 0 Å². The molecule has 3 heterocycles. The zero-order chi connectivity index (χ0) is 78.8. The van der Waals surface area contributed by atoms with E-state index in [1.807, 2.05) is 0 Å². The number of unbranched alkanes of at least 4 members (excludes halogenated alkanes) is 32. The summed E-state index contributed by atoms with van der Waals surface area (Å²) in [6.45, 7) is 1.69. The van der Waals surface area contributed by atoms with Crippen LogP contribution >= 0.6 is 0 Å². The molecule has 109 heavy (non-hydrogen) atoms. The third-order valence-electron chi connectivity index (χ3n) is 20.8. The average Bonchev–Trinajstić information content (AvgIpc) is 0.749. The van der Waals surface area contributed by atoms with Crippen LogP contribution in [0.3, 0.4) is 0 Å². The third kappa shape index (κ3) is 47.6. The van der Waals surface area contributed by atoms with Crippen LogP contribution < -0.4 is 5.32 Å². The molecule has 0 bridgehead atoms. The molecule has 3 saturated heterocycles. The molecule has 12 N–H and O–H groups in total. The Hall–Kier alpha value is -3.81. The Morgan fingerprint density at radius 1 is 0.339 bits per heavy atom. The summed E-state index contributed by atoms with van der Waals surface area (Å²) in [6, 6.07) is -0.913. The van der Waals surface area contributed by atoms with E-state index in [1.165, 1.54) is 161 Å². The van der Waals surface area contributed by atoms with Crippen LogP contribution in [0.2, 0.25) is 0 Å². The first kappa shape index (κ1) is 99.4. The quantitative estimate of drug-likeness (QED) is 0.0199. The normalized spacial score (nSPS) is 25.9. The maximum Gasteiger partial charge on any atom is 0.220 e. The number of ether oxygens (including phenoxy) is 6. The van der Waals surface area contributed by atoms with Crippen LogP contribution in [-0.2, 0) is 33.2 Å². The Labute approximate surface area is 658 Å². The lowest BCUT2D eigenvalue weighted by Crippen LogP contribution is -2.66. The van der Waals surface area contributed by atoms with Crippen molar-refractivity contribution >= 4 is 5.91 Å². The van der Waals surface area contributed by atoms with E-state index in [2.05, 4.69) is 141 Å². The van der Waals surface area contributed by atoms with Crippen molar-refractivity contribution in [3.8, 4) is 0 Å². The molecule has 628 valence electrons. The standard InChI is InChI=1S/C90H155NO18/c1-3-5-7-9-11-13-15-17-19-21-23-25-27-29-31-33-34-35-36-37-38-40-42-44-46-48-50-52-54-56-58-60-62-64-66-68-78(96)91-73(74(95)67-65-63-61-59-57-55-53-51-49-47-45-43-41-39-32-30-28-26-24-22-20-18-16-14-12-10-8-6-4-2)72-104-88-84(102)81(99)86(76(70-93)106-88)109-90-85(103)82(100)87(77(71-94)107-90)108-89-83(101)80(98)79(97)75(69-92)105-89/h5,7,11,13,17,19,23,25,29,31,34-35,37-38,42,44,48,50,54,56,73-77,79-90,92-95,97-103H,3-4,6,8-10,12,14-16,18,20-22,24,26-28,30,32-33,36,39-41,43,45-47,49,51-53,55,57-72H2,1-2H3,(H,91,96)/b7-5-,13-11-,19-17-,25-23-,31-29-,35-34-,38-37-,44-42-,50-48-,56-54-. The molecule has 0 saturated carbocycles. The van der Waals surface area contributed by atoms with Gasteiger partial charge in [-0.2, -0.15) is 0 Å². The molecule has 17 unspecified atom stereocenters. The predicted octanol–water partition coefficient (Wildman–Crippen LogP) is 15.8. The smallest absolute Gasteiger partial charge is 0.220 e. The minimum absolute atomic E-state index is 0.229. The SMILES string of the molecule is CC/C=C\C/C=C\C/C=C\C/C=C\C/C=C\C/C=C\C/C=C\C/C=C\C/C=C\C/C=C\CCCCCCC(=O)NC(COC1OC(CO)C(OC2OC(CO)C(OC3OC(CO)C(O)C(O)C3O)C(O)C2O)C(O)C1O)C(O)CCCCCCCCCCCCCCCCCCCCCCCCCCCCCCC. The Morgan fingerprint density at radius 2 is 0.633 bits per heavy atom. The highest BCUT2D eigenvalue weighted by Crippen LogP contribution is 2.33. The van der Waals surface area contributed by atoms with Crippen LogP contribution in [-0.4, -0.2) is 193 Å². The third-order valence-corrected chi connectivity index (χ3v) is 20.8. The van der Waals surface area contributed by atoms with Gasteiger partial charge in [-0.3, -0.25) is 4.79 Å². The second-order valence-corrected chi connectivity index (χ2v) is 30.3. The van der Waals surface area contributed by atoms with Crippen LogP contribution in [0.15, 0.2) is 122 Å². The van der Waals surface area contributed by atoms with Gasteiger partial charge in [-0.25, -0.2) is 0 Å². The second-order valence-electron chi connectivity index (χ2n) is 30.3. The van der Waals surface area contributed by atoms with E-state index in [0.717, 1.165) is 116 Å². The summed E-state index contributed by atoms with van der Waals surface area (Å²) in [5, 5.41) is 121. The number of hydrogen-bond acceptors (Lipinski definition) is 18. The van der Waals surface area contributed by atoms with Gasteiger partial charge in [0.1, 0.15) is 73.2 Å². The van der Waals surface area contributed by atoms with Gasteiger partial charge >= 0.3 is 0 Å². The van der Waals surface area contributed by atoms with E-state index in [4.69, 9.17) is 28.4 Å². The van der Waals surface area contributed by atoms with Gasteiger partial charge in [0.05, 0.1) is 38.6 Å². The highest BCUT2D eigenvalue weighted by Gasteiger charge is 2.54. The number of rotatable bonds is 68.